The molecule has 1 saturated carbocycles. The van der Waals surface area contributed by atoms with Crippen LogP contribution in [0.15, 0.2) is 4.99 Å². The molecular formula is C30H52N8O6. The van der Waals surface area contributed by atoms with Crippen LogP contribution < -0.4 is 37.6 Å². The summed E-state index contributed by atoms with van der Waals surface area (Å²) >= 11 is 0. The SMILES string of the molecule is CC[C@@H]1NC(=O)[C@H](CCCN=C(N)NC(C)=O)NC(=O)[C@](C)(NC(=O)C(C)C)CCNC(=O)[C@@H](CC2CCCCC2)NC1=O. The third-order valence-corrected chi connectivity index (χ3v) is 8.18. The van der Waals surface area contributed by atoms with Gasteiger partial charge in [0.15, 0.2) is 5.96 Å². The van der Waals surface area contributed by atoms with Gasteiger partial charge in [0, 0.05) is 25.9 Å². The Labute approximate surface area is 260 Å². The van der Waals surface area contributed by atoms with E-state index in [4.69, 9.17) is 5.73 Å². The molecule has 4 atom stereocenters. The number of aliphatic imine (C=N–C) groups is 1. The molecule has 248 valence electrons. The largest absolute Gasteiger partial charge is 0.370 e. The topological polar surface area (TPSA) is 213 Å². The molecule has 0 radical (unpaired) electrons. The van der Waals surface area contributed by atoms with Crippen molar-refractivity contribution in [2.75, 3.05) is 13.1 Å². The summed E-state index contributed by atoms with van der Waals surface area (Å²) < 4.78 is 0. The summed E-state index contributed by atoms with van der Waals surface area (Å²) in [7, 11) is 0. The average Bonchev–Trinajstić information content (AvgIpc) is 2.96. The molecule has 8 N–H and O–H groups in total. The molecule has 44 heavy (non-hydrogen) atoms. The van der Waals surface area contributed by atoms with E-state index in [1.165, 1.54) is 6.92 Å². The van der Waals surface area contributed by atoms with Crippen LogP contribution in [0.4, 0.5) is 0 Å². The van der Waals surface area contributed by atoms with E-state index < -0.39 is 47.3 Å². The quantitative estimate of drug-likeness (QED) is 0.107. The number of amides is 6. The fourth-order valence-electron chi connectivity index (χ4n) is 5.39. The van der Waals surface area contributed by atoms with E-state index >= 15 is 0 Å². The maximum Gasteiger partial charge on any atom is 0.246 e. The Hall–Kier alpha value is -3.71. The van der Waals surface area contributed by atoms with Crippen molar-refractivity contribution in [1.82, 2.24) is 31.9 Å². The number of nitrogens with one attached hydrogen (secondary N) is 6. The highest BCUT2D eigenvalue weighted by atomic mass is 16.2. The van der Waals surface area contributed by atoms with Gasteiger partial charge >= 0.3 is 0 Å². The minimum absolute atomic E-state index is 0.0522. The zero-order valence-corrected chi connectivity index (χ0v) is 26.8. The molecule has 1 saturated heterocycles. The zero-order chi connectivity index (χ0) is 32.9. The fourth-order valence-corrected chi connectivity index (χ4v) is 5.39. The van der Waals surface area contributed by atoms with Gasteiger partial charge < -0.3 is 32.3 Å². The van der Waals surface area contributed by atoms with Gasteiger partial charge in [0.1, 0.15) is 23.7 Å². The van der Waals surface area contributed by atoms with Crippen molar-refractivity contribution in [2.24, 2.45) is 22.6 Å². The third kappa shape index (κ3) is 11.8. The normalized spacial score (nSPS) is 26.5. The van der Waals surface area contributed by atoms with Crippen LogP contribution in [-0.2, 0) is 28.8 Å². The van der Waals surface area contributed by atoms with Gasteiger partial charge in [-0.15, -0.1) is 0 Å². The van der Waals surface area contributed by atoms with Crippen LogP contribution in [0.25, 0.3) is 0 Å². The minimum Gasteiger partial charge on any atom is -0.370 e. The number of carbonyl (C=O) groups excluding carboxylic acids is 6. The summed E-state index contributed by atoms with van der Waals surface area (Å²) in [6, 6.07) is -2.80. The monoisotopic (exact) mass is 620 g/mol. The number of nitrogens with zero attached hydrogens (tertiary/aromatic N) is 1. The Bertz CT molecular complexity index is 1070. The Morgan fingerprint density at radius 1 is 0.977 bits per heavy atom. The van der Waals surface area contributed by atoms with Gasteiger partial charge in [0.25, 0.3) is 0 Å². The first-order valence-corrected chi connectivity index (χ1v) is 15.8. The van der Waals surface area contributed by atoms with Crippen molar-refractivity contribution in [3.8, 4) is 0 Å². The van der Waals surface area contributed by atoms with Crippen LogP contribution in [0.2, 0.25) is 0 Å². The standard InChI is InChI=1S/C30H52N8O6/c1-6-21-26(42)36-23(17-20-11-8-7-9-12-20)25(41)32-16-14-30(5,38-24(40)18(2)3)28(44)37-22(27(43)35-21)13-10-15-33-29(31)34-19(4)39/h18,20-23H,6-17H2,1-5H3,(H,32,41)(H,35,43)(H,36,42)(H,37,44)(H,38,40)(H3,31,33,34,39)/t21-,22-,23+,30+/m0/s1. The van der Waals surface area contributed by atoms with E-state index in [0.29, 0.717) is 18.8 Å². The van der Waals surface area contributed by atoms with Gasteiger partial charge in [-0.3, -0.25) is 39.1 Å². The molecule has 14 heteroatoms. The fraction of sp³-hybridized carbons (Fsp3) is 0.767. The number of hydrogen-bond acceptors (Lipinski definition) is 7. The lowest BCUT2D eigenvalue weighted by atomic mass is 9.84. The molecule has 0 aromatic carbocycles. The molecule has 14 nitrogen and oxygen atoms in total. The second-order valence-electron chi connectivity index (χ2n) is 12.4. The summed E-state index contributed by atoms with van der Waals surface area (Å²) in [5.74, 6) is -2.92. The lowest BCUT2D eigenvalue weighted by Gasteiger charge is -2.34. The van der Waals surface area contributed by atoms with E-state index in [1.807, 2.05) is 0 Å². The van der Waals surface area contributed by atoms with Gasteiger partial charge in [-0.2, -0.15) is 0 Å². The molecule has 1 aliphatic carbocycles. The summed E-state index contributed by atoms with van der Waals surface area (Å²) in [5, 5.41) is 16.4. The number of rotatable bonds is 9. The van der Waals surface area contributed by atoms with Crippen LogP contribution in [0.5, 0.6) is 0 Å². The minimum atomic E-state index is -1.45. The van der Waals surface area contributed by atoms with Gasteiger partial charge in [-0.25, -0.2) is 0 Å². The Balaban J connectivity index is 2.35. The third-order valence-electron chi connectivity index (χ3n) is 8.18. The molecule has 1 heterocycles. The van der Waals surface area contributed by atoms with Crippen molar-refractivity contribution in [1.29, 1.82) is 0 Å². The first kappa shape index (κ1) is 36.5. The Morgan fingerprint density at radius 3 is 2.23 bits per heavy atom. The van der Waals surface area contributed by atoms with Gasteiger partial charge in [-0.05, 0) is 44.9 Å². The van der Waals surface area contributed by atoms with E-state index in [-0.39, 0.29) is 56.0 Å². The second kappa shape index (κ2) is 17.6. The maximum atomic E-state index is 13.7. The molecule has 0 aromatic rings. The zero-order valence-electron chi connectivity index (χ0n) is 26.8. The molecule has 2 rings (SSSR count). The van der Waals surface area contributed by atoms with Crippen molar-refractivity contribution in [3.63, 3.8) is 0 Å². The highest BCUT2D eigenvalue weighted by molar-refractivity contribution is 5.97. The second-order valence-corrected chi connectivity index (χ2v) is 12.4. The number of nitrogens with two attached hydrogens (primary N) is 1. The van der Waals surface area contributed by atoms with Crippen molar-refractivity contribution < 1.29 is 28.8 Å². The predicted molar refractivity (Wildman–Crippen MR) is 166 cm³/mol. The van der Waals surface area contributed by atoms with E-state index in [0.717, 1.165) is 32.1 Å². The first-order chi connectivity index (χ1) is 20.7. The predicted octanol–water partition coefficient (Wildman–Crippen LogP) is 0.103. The molecule has 0 aromatic heterocycles. The average molecular weight is 621 g/mol. The molecule has 6 amide bonds. The molecule has 0 unspecified atom stereocenters. The van der Waals surface area contributed by atoms with Crippen LogP contribution >= 0.6 is 0 Å². The smallest absolute Gasteiger partial charge is 0.246 e. The van der Waals surface area contributed by atoms with E-state index in [1.54, 1.807) is 27.7 Å². The summed E-state index contributed by atoms with van der Waals surface area (Å²) in [6.45, 7) is 8.24. The van der Waals surface area contributed by atoms with Crippen LogP contribution in [0.1, 0.15) is 98.8 Å². The van der Waals surface area contributed by atoms with Crippen molar-refractivity contribution in [3.05, 3.63) is 0 Å². The van der Waals surface area contributed by atoms with Crippen LogP contribution in [0.3, 0.4) is 0 Å². The lowest BCUT2D eigenvalue weighted by Crippen LogP contribution is -2.63. The Morgan fingerprint density at radius 2 is 1.61 bits per heavy atom. The highest BCUT2D eigenvalue weighted by Crippen LogP contribution is 2.27. The van der Waals surface area contributed by atoms with Crippen LogP contribution in [0, 0.1) is 11.8 Å². The molecule has 0 spiro atoms. The van der Waals surface area contributed by atoms with E-state index in [9.17, 15) is 28.8 Å². The van der Waals surface area contributed by atoms with Gasteiger partial charge in [-0.1, -0.05) is 52.9 Å². The maximum absolute atomic E-state index is 13.7. The number of carbonyl (C=O) groups is 6. The summed E-state index contributed by atoms with van der Waals surface area (Å²) in [4.78, 5) is 81.9. The summed E-state index contributed by atoms with van der Waals surface area (Å²) in [5.41, 5.74) is 4.23. The molecular weight excluding hydrogens is 568 g/mol. The molecule has 0 bridgehead atoms. The van der Waals surface area contributed by atoms with Crippen LogP contribution in [-0.4, -0.2) is 78.2 Å². The first-order valence-electron chi connectivity index (χ1n) is 15.8. The molecule has 2 aliphatic rings. The molecule has 2 fully saturated rings. The van der Waals surface area contributed by atoms with Gasteiger partial charge in [0.2, 0.25) is 35.4 Å². The summed E-state index contributed by atoms with van der Waals surface area (Å²) in [6.07, 6.45) is 6.53. The Kier molecular flexibility index (Phi) is 14.6. The van der Waals surface area contributed by atoms with Crippen molar-refractivity contribution in [2.45, 2.75) is 122 Å². The number of guanidine groups is 1. The van der Waals surface area contributed by atoms with E-state index in [2.05, 4.69) is 36.9 Å². The highest BCUT2D eigenvalue weighted by Gasteiger charge is 2.39. The molecule has 1 aliphatic heterocycles. The lowest BCUT2D eigenvalue weighted by molar-refractivity contribution is -0.138. The van der Waals surface area contributed by atoms with Gasteiger partial charge in [0.05, 0.1) is 0 Å². The van der Waals surface area contributed by atoms with Crippen molar-refractivity contribution >= 4 is 41.4 Å². The number of hydrogen-bond donors (Lipinski definition) is 7.